The highest BCUT2D eigenvalue weighted by molar-refractivity contribution is 9.10. The zero-order valence-corrected chi connectivity index (χ0v) is 14.9. The lowest BCUT2D eigenvalue weighted by atomic mass is 10.2. The van der Waals surface area contributed by atoms with Gasteiger partial charge in [-0.15, -0.1) is 0 Å². The first-order valence-electron chi connectivity index (χ1n) is 7.65. The van der Waals surface area contributed by atoms with Crippen molar-refractivity contribution >= 4 is 27.8 Å². The maximum atomic E-state index is 11.9. The summed E-state index contributed by atoms with van der Waals surface area (Å²) in [5.41, 5.74) is 0.666. The summed E-state index contributed by atoms with van der Waals surface area (Å²) in [6.45, 7) is 4.48. The summed E-state index contributed by atoms with van der Waals surface area (Å²) in [6.07, 6.45) is 3.13. The maximum Gasteiger partial charge on any atom is 0.251 e. The second-order valence-electron chi connectivity index (χ2n) is 4.90. The molecule has 0 aliphatic rings. The Morgan fingerprint density at radius 2 is 1.82 bits per heavy atom. The van der Waals surface area contributed by atoms with Crippen molar-refractivity contribution in [3.63, 3.8) is 0 Å². The minimum Gasteiger partial charge on any atom is -0.356 e. The van der Waals surface area contributed by atoms with Crippen LogP contribution in [0.2, 0.25) is 0 Å². The Hall–Kier alpha value is -1.56. The Bertz CT molecular complexity index is 491. The van der Waals surface area contributed by atoms with Gasteiger partial charge in [0.1, 0.15) is 0 Å². The molecule has 0 aromatic heterocycles. The molecule has 3 N–H and O–H groups in total. The molecule has 0 radical (unpaired) electrons. The van der Waals surface area contributed by atoms with Crippen LogP contribution < -0.4 is 16.0 Å². The number of unbranched alkanes of at least 4 members (excludes halogenated alkanes) is 1. The third kappa shape index (κ3) is 7.45. The molecule has 1 aromatic rings. The van der Waals surface area contributed by atoms with Gasteiger partial charge in [-0.25, -0.2) is 0 Å². The average Bonchev–Trinajstić information content (AvgIpc) is 2.52. The molecule has 1 amide bonds. The van der Waals surface area contributed by atoms with Crippen LogP contribution in [0.15, 0.2) is 33.7 Å². The quantitative estimate of drug-likeness (QED) is 0.375. The Morgan fingerprint density at radius 3 is 2.45 bits per heavy atom. The standard InChI is InChI=1S/C16H25BrN4O/c1-3-4-9-20-16(18-2)21-11-6-10-19-15(22)13-7-5-8-14(17)12-13/h5,7-8,12H,3-4,6,9-11H2,1-2H3,(H,19,22)(H2,18,20,21). The van der Waals surface area contributed by atoms with E-state index in [2.05, 4.69) is 43.8 Å². The number of aliphatic imine (C=N–C) groups is 1. The lowest BCUT2D eigenvalue weighted by Gasteiger charge is -2.11. The van der Waals surface area contributed by atoms with Crippen LogP contribution in [0.1, 0.15) is 36.5 Å². The summed E-state index contributed by atoms with van der Waals surface area (Å²) in [5.74, 6) is 0.763. The Balaban J connectivity index is 2.18. The van der Waals surface area contributed by atoms with Crippen molar-refractivity contribution in [1.29, 1.82) is 0 Å². The van der Waals surface area contributed by atoms with Crippen LogP contribution in [0.3, 0.4) is 0 Å². The van der Waals surface area contributed by atoms with Crippen molar-refractivity contribution in [2.75, 3.05) is 26.7 Å². The molecule has 6 heteroatoms. The highest BCUT2D eigenvalue weighted by Crippen LogP contribution is 2.11. The Kier molecular flexibility index (Phi) is 9.30. The Morgan fingerprint density at radius 1 is 1.14 bits per heavy atom. The zero-order chi connectivity index (χ0) is 16.2. The monoisotopic (exact) mass is 368 g/mol. The third-order valence-corrected chi connectivity index (χ3v) is 3.56. The van der Waals surface area contributed by atoms with Crippen molar-refractivity contribution in [3.8, 4) is 0 Å². The highest BCUT2D eigenvalue weighted by Gasteiger charge is 2.04. The minimum atomic E-state index is -0.0493. The molecular weight excluding hydrogens is 344 g/mol. The van der Waals surface area contributed by atoms with E-state index >= 15 is 0 Å². The van der Waals surface area contributed by atoms with E-state index in [4.69, 9.17) is 0 Å². The molecule has 0 fully saturated rings. The topological polar surface area (TPSA) is 65.5 Å². The van der Waals surface area contributed by atoms with Crippen LogP contribution in [0.25, 0.3) is 0 Å². The molecule has 0 aliphatic carbocycles. The number of benzene rings is 1. The van der Waals surface area contributed by atoms with Gasteiger partial charge in [0.2, 0.25) is 0 Å². The maximum absolute atomic E-state index is 11.9. The third-order valence-electron chi connectivity index (χ3n) is 3.06. The first-order valence-corrected chi connectivity index (χ1v) is 8.45. The normalized spacial score (nSPS) is 11.1. The van der Waals surface area contributed by atoms with E-state index in [9.17, 15) is 4.79 Å². The van der Waals surface area contributed by atoms with Gasteiger partial charge in [0.05, 0.1) is 0 Å². The summed E-state index contributed by atoms with van der Waals surface area (Å²) in [7, 11) is 1.76. The smallest absolute Gasteiger partial charge is 0.251 e. The van der Waals surface area contributed by atoms with Crippen LogP contribution in [-0.4, -0.2) is 38.5 Å². The van der Waals surface area contributed by atoms with Gasteiger partial charge in [0.15, 0.2) is 5.96 Å². The van der Waals surface area contributed by atoms with Crippen LogP contribution in [0.5, 0.6) is 0 Å². The van der Waals surface area contributed by atoms with Gasteiger partial charge < -0.3 is 16.0 Å². The van der Waals surface area contributed by atoms with Crippen LogP contribution in [-0.2, 0) is 0 Å². The molecule has 0 heterocycles. The summed E-state index contributed by atoms with van der Waals surface area (Å²) < 4.78 is 0.906. The van der Waals surface area contributed by atoms with Crippen molar-refractivity contribution in [1.82, 2.24) is 16.0 Å². The second kappa shape index (κ2) is 11.1. The van der Waals surface area contributed by atoms with E-state index < -0.39 is 0 Å². The number of rotatable bonds is 8. The largest absolute Gasteiger partial charge is 0.356 e. The number of nitrogens with one attached hydrogen (secondary N) is 3. The average molecular weight is 369 g/mol. The predicted molar refractivity (Wildman–Crippen MR) is 95.4 cm³/mol. The van der Waals surface area contributed by atoms with Crippen LogP contribution in [0.4, 0.5) is 0 Å². The number of nitrogens with zero attached hydrogens (tertiary/aromatic N) is 1. The van der Waals surface area contributed by atoms with Gasteiger partial charge in [0, 0.05) is 36.7 Å². The van der Waals surface area contributed by atoms with E-state index in [0.717, 1.165) is 42.8 Å². The minimum absolute atomic E-state index is 0.0493. The number of hydrogen-bond donors (Lipinski definition) is 3. The second-order valence-corrected chi connectivity index (χ2v) is 5.81. The fourth-order valence-corrected chi connectivity index (χ4v) is 2.23. The molecule has 0 atom stereocenters. The summed E-state index contributed by atoms with van der Waals surface area (Å²) in [5, 5.41) is 9.39. The van der Waals surface area contributed by atoms with E-state index in [-0.39, 0.29) is 5.91 Å². The number of amides is 1. The van der Waals surface area contributed by atoms with E-state index in [1.54, 1.807) is 13.1 Å². The lowest BCUT2D eigenvalue weighted by Crippen LogP contribution is -2.39. The summed E-state index contributed by atoms with van der Waals surface area (Å²) in [4.78, 5) is 16.1. The van der Waals surface area contributed by atoms with Crippen molar-refractivity contribution < 1.29 is 4.79 Å². The highest BCUT2D eigenvalue weighted by atomic mass is 79.9. The molecule has 22 heavy (non-hydrogen) atoms. The number of guanidine groups is 1. The van der Waals surface area contributed by atoms with Crippen molar-refractivity contribution in [3.05, 3.63) is 34.3 Å². The molecule has 122 valence electrons. The fraction of sp³-hybridized carbons (Fsp3) is 0.500. The SMILES string of the molecule is CCCCNC(=NC)NCCCNC(=O)c1cccc(Br)c1. The Labute approximate surface area is 141 Å². The molecule has 0 bridgehead atoms. The lowest BCUT2D eigenvalue weighted by molar-refractivity contribution is 0.0953. The molecule has 5 nitrogen and oxygen atoms in total. The molecule has 0 unspecified atom stereocenters. The fourth-order valence-electron chi connectivity index (χ4n) is 1.83. The van der Waals surface area contributed by atoms with Crippen molar-refractivity contribution in [2.24, 2.45) is 4.99 Å². The zero-order valence-electron chi connectivity index (χ0n) is 13.3. The van der Waals surface area contributed by atoms with Gasteiger partial charge in [-0.05, 0) is 31.0 Å². The number of halogens is 1. The molecule has 1 rings (SSSR count). The first-order chi connectivity index (χ1) is 10.7. The van der Waals surface area contributed by atoms with Gasteiger partial charge in [-0.1, -0.05) is 35.3 Å². The molecule has 1 aromatic carbocycles. The summed E-state index contributed by atoms with van der Waals surface area (Å²) in [6, 6.07) is 7.37. The molecule has 0 spiro atoms. The molecule has 0 aliphatic heterocycles. The number of carbonyl (C=O) groups excluding carboxylic acids is 1. The molecular formula is C16H25BrN4O. The molecule has 0 saturated carbocycles. The van der Waals surface area contributed by atoms with E-state index in [1.165, 1.54) is 0 Å². The molecule has 0 saturated heterocycles. The van der Waals surface area contributed by atoms with Crippen LogP contribution in [0, 0.1) is 0 Å². The van der Waals surface area contributed by atoms with Crippen molar-refractivity contribution in [2.45, 2.75) is 26.2 Å². The van der Waals surface area contributed by atoms with E-state index in [1.807, 2.05) is 18.2 Å². The van der Waals surface area contributed by atoms with Gasteiger partial charge in [-0.2, -0.15) is 0 Å². The van der Waals surface area contributed by atoms with E-state index in [0.29, 0.717) is 12.1 Å². The number of carbonyl (C=O) groups is 1. The predicted octanol–water partition coefficient (Wildman–Crippen LogP) is 2.53. The van der Waals surface area contributed by atoms with Gasteiger partial charge >= 0.3 is 0 Å². The van der Waals surface area contributed by atoms with Gasteiger partial charge in [0.25, 0.3) is 5.91 Å². The first kappa shape index (κ1) is 18.5. The van der Waals surface area contributed by atoms with Crippen LogP contribution >= 0.6 is 15.9 Å². The van der Waals surface area contributed by atoms with Gasteiger partial charge in [-0.3, -0.25) is 9.79 Å². The number of hydrogen-bond acceptors (Lipinski definition) is 2. The summed E-state index contributed by atoms with van der Waals surface area (Å²) >= 11 is 3.36.